The van der Waals surface area contributed by atoms with E-state index in [0.717, 1.165) is 16.7 Å². The number of halogens is 1. The van der Waals surface area contributed by atoms with E-state index in [1.54, 1.807) is 36.4 Å². The van der Waals surface area contributed by atoms with Gasteiger partial charge in [-0.25, -0.2) is 5.43 Å². The summed E-state index contributed by atoms with van der Waals surface area (Å²) in [5, 5.41) is 6.83. The number of rotatable bonds is 8. The van der Waals surface area contributed by atoms with Crippen molar-refractivity contribution in [3.05, 3.63) is 87.9 Å². The number of hydrogen-bond acceptors (Lipinski definition) is 5. The van der Waals surface area contributed by atoms with E-state index in [9.17, 15) is 9.59 Å². The van der Waals surface area contributed by atoms with Gasteiger partial charge in [-0.3, -0.25) is 9.59 Å². The van der Waals surface area contributed by atoms with Crippen molar-refractivity contribution >= 4 is 35.3 Å². The number of ether oxygens (including phenoxy) is 2. The van der Waals surface area contributed by atoms with Gasteiger partial charge in [0, 0.05) is 10.7 Å². The Bertz CT molecular complexity index is 1210. The molecule has 0 spiro atoms. The number of benzene rings is 3. The van der Waals surface area contributed by atoms with Crippen LogP contribution in [0.15, 0.2) is 65.8 Å². The molecule has 8 heteroatoms. The lowest BCUT2D eigenvalue weighted by molar-refractivity contribution is -0.136. The first-order valence-electron chi connectivity index (χ1n) is 10.7. The molecule has 2 N–H and O–H groups in total. The van der Waals surface area contributed by atoms with Crippen molar-refractivity contribution in [2.75, 3.05) is 11.9 Å². The molecule has 3 aromatic carbocycles. The van der Waals surface area contributed by atoms with Crippen molar-refractivity contribution < 1.29 is 19.1 Å². The normalized spacial score (nSPS) is 10.7. The van der Waals surface area contributed by atoms with Gasteiger partial charge in [0.05, 0.1) is 12.8 Å². The zero-order valence-corrected chi connectivity index (χ0v) is 20.0. The van der Waals surface area contributed by atoms with Crippen LogP contribution in [-0.2, 0) is 16.2 Å². The summed E-state index contributed by atoms with van der Waals surface area (Å²) in [5.41, 5.74) is 6.40. The first-order valence-corrected chi connectivity index (χ1v) is 11.1. The Kier molecular flexibility index (Phi) is 8.65. The Morgan fingerprint density at radius 3 is 2.47 bits per heavy atom. The van der Waals surface area contributed by atoms with Gasteiger partial charge in [0.2, 0.25) is 0 Å². The number of nitrogens with zero attached hydrogens (tertiary/aromatic N) is 1. The minimum absolute atomic E-state index is 0.414. The Morgan fingerprint density at radius 2 is 1.74 bits per heavy atom. The van der Waals surface area contributed by atoms with E-state index >= 15 is 0 Å². The van der Waals surface area contributed by atoms with Crippen LogP contribution in [0.4, 0.5) is 5.69 Å². The van der Waals surface area contributed by atoms with Gasteiger partial charge in [-0.1, -0.05) is 41.9 Å². The molecule has 3 aromatic rings. The molecule has 0 radical (unpaired) electrons. The third-order valence-electron chi connectivity index (χ3n) is 4.93. The molecule has 2 amide bonds. The maximum atomic E-state index is 12.1. The lowest BCUT2D eigenvalue weighted by atomic mass is 10.1. The largest absolute Gasteiger partial charge is 0.490 e. The highest BCUT2D eigenvalue weighted by Crippen LogP contribution is 2.29. The van der Waals surface area contributed by atoms with Gasteiger partial charge in [-0.15, -0.1) is 0 Å². The molecule has 0 fully saturated rings. The first kappa shape index (κ1) is 24.8. The molecule has 0 bridgehead atoms. The lowest BCUT2D eigenvalue weighted by Crippen LogP contribution is -2.32. The number of nitrogens with one attached hydrogen (secondary N) is 2. The molecule has 0 heterocycles. The Balaban J connectivity index is 1.60. The molecule has 0 atom stereocenters. The zero-order chi connectivity index (χ0) is 24.5. The van der Waals surface area contributed by atoms with Crippen LogP contribution in [0.3, 0.4) is 0 Å². The zero-order valence-electron chi connectivity index (χ0n) is 19.2. The van der Waals surface area contributed by atoms with Crippen LogP contribution in [0.2, 0.25) is 5.02 Å². The number of anilines is 1. The minimum Gasteiger partial charge on any atom is -0.490 e. The highest BCUT2D eigenvalue weighted by atomic mass is 35.5. The molecule has 0 aliphatic heterocycles. The molecule has 0 aliphatic carbocycles. The van der Waals surface area contributed by atoms with E-state index in [1.807, 2.05) is 45.0 Å². The topological polar surface area (TPSA) is 89.0 Å². The molecular formula is C26H26ClN3O4. The molecule has 0 aliphatic rings. The highest BCUT2D eigenvalue weighted by Gasteiger charge is 2.13. The molecule has 0 unspecified atom stereocenters. The quantitative estimate of drug-likeness (QED) is 0.269. The fraction of sp³-hybridized carbons (Fsp3) is 0.192. The van der Waals surface area contributed by atoms with Crippen LogP contribution >= 0.6 is 11.6 Å². The predicted molar refractivity (Wildman–Crippen MR) is 134 cm³/mol. The maximum absolute atomic E-state index is 12.1. The summed E-state index contributed by atoms with van der Waals surface area (Å²) in [7, 11) is 0. The van der Waals surface area contributed by atoms with E-state index in [2.05, 4.69) is 15.8 Å². The van der Waals surface area contributed by atoms with E-state index in [4.69, 9.17) is 21.1 Å². The second-order valence-electron chi connectivity index (χ2n) is 7.47. The van der Waals surface area contributed by atoms with Gasteiger partial charge in [0.25, 0.3) is 0 Å². The molecule has 0 saturated heterocycles. The van der Waals surface area contributed by atoms with Gasteiger partial charge < -0.3 is 14.8 Å². The van der Waals surface area contributed by atoms with Crippen molar-refractivity contribution in [1.29, 1.82) is 0 Å². The lowest BCUT2D eigenvalue weighted by Gasteiger charge is -2.13. The predicted octanol–water partition coefficient (Wildman–Crippen LogP) is 5.02. The number of carbonyl (C=O) groups is 2. The average molecular weight is 480 g/mol. The Labute approximate surface area is 203 Å². The number of amides is 2. The van der Waals surface area contributed by atoms with Crippen LogP contribution in [0.25, 0.3) is 0 Å². The summed E-state index contributed by atoms with van der Waals surface area (Å²) in [5.74, 6) is -0.606. The fourth-order valence-corrected chi connectivity index (χ4v) is 3.18. The summed E-state index contributed by atoms with van der Waals surface area (Å²) in [6.07, 6.45) is 1.42. The van der Waals surface area contributed by atoms with Gasteiger partial charge in [-0.05, 0) is 73.4 Å². The van der Waals surface area contributed by atoms with Crippen molar-refractivity contribution in [3.8, 4) is 11.5 Å². The minimum atomic E-state index is -0.906. The highest BCUT2D eigenvalue weighted by molar-refractivity contribution is 6.39. The van der Waals surface area contributed by atoms with Crippen molar-refractivity contribution in [2.45, 2.75) is 27.4 Å². The SMILES string of the molecule is CCOc1cc(C=NNC(=O)C(=O)Nc2ccc(C)c(Cl)c2)ccc1OCc1ccccc1C. The summed E-state index contributed by atoms with van der Waals surface area (Å²) in [4.78, 5) is 24.1. The van der Waals surface area contributed by atoms with Crippen LogP contribution in [0.5, 0.6) is 11.5 Å². The third-order valence-corrected chi connectivity index (χ3v) is 5.33. The third kappa shape index (κ3) is 6.83. The van der Waals surface area contributed by atoms with Gasteiger partial charge in [0.15, 0.2) is 11.5 Å². The van der Waals surface area contributed by atoms with E-state index < -0.39 is 11.8 Å². The molecule has 34 heavy (non-hydrogen) atoms. The average Bonchev–Trinajstić information content (AvgIpc) is 2.82. The van der Waals surface area contributed by atoms with E-state index in [0.29, 0.717) is 41.0 Å². The molecule has 3 rings (SSSR count). The fourth-order valence-electron chi connectivity index (χ4n) is 2.99. The van der Waals surface area contributed by atoms with Crippen molar-refractivity contribution in [3.63, 3.8) is 0 Å². The standard InChI is InChI=1S/C26H26ClN3O4/c1-4-33-24-13-19(10-12-23(24)34-16-20-8-6-5-7-17(20)2)15-28-30-26(32)25(31)29-21-11-9-18(3)22(27)14-21/h5-15H,4,16H2,1-3H3,(H,29,31)(H,30,32). The number of hydrazone groups is 1. The van der Waals surface area contributed by atoms with E-state index in [1.165, 1.54) is 6.21 Å². The number of aryl methyl sites for hydroxylation is 2. The first-order chi connectivity index (χ1) is 16.4. The van der Waals surface area contributed by atoms with Crippen LogP contribution in [0.1, 0.15) is 29.2 Å². The van der Waals surface area contributed by atoms with Crippen LogP contribution < -0.4 is 20.2 Å². The van der Waals surface area contributed by atoms with Crippen LogP contribution in [-0.4, -0.2) is 24.6 Å². The molecule has 7 nitrogen and oxygen atoms in total. The Hall–Kier alpha value is -3.84. The summed E-state index contributed by atoms with van der Waals surface area (Å²) >= 11 is 6.04. The van der Waals surface area contributed by atoms with Gasteiger partial charge in [-0.2, -0.15) is 5.10 Å². The van der Waals surface area contributed by atoms with E-state index in [-0.39, 0.29) is 0 Å². The Morgan fingerprint density at radius 1 is 0.941 bits per heavy atom. The smallest absolute Gasteiger partial charge is 0.329 e. The second-order valence-corrected chi connectivity index (χ2v) is 7.88. The molecule has 176 valence electrons. The molecule has 0 saturated carbocycles. The molecular weight excluding hydrogens is 454 g/mol. The van der Waals surface area contributed by atoms with Crippen molar-refractivity contribution in [2.24, 2.45) is 5.10 Å². The maximum Gasteiger partial charge on any atom is 0.329 e. The summed E-state index contributed by atoms with van der Waals surface area (Å²) < 4.78 is 11.7. The number of hydrogen-bond donors (Lipinski definition) is 2. The monoisotopic (exact) mass is 479 g/mol. The van der Waals surface area contributed by atoms with Gasteiger partial charge in [0.1, 0.15) is 6.61 Å². The molecule has 0 aromatic heterocycles. The van der Waals surface area contributed by atoms with Gasteiger partial charge >= 0.3 is 11.8 Å². The number of carbonyl (C=O) groups excluding carboxylic acids is 2. The van der Waals surface area contributed by atoms with Crippen LogP contribution in [0, 0.1) is 13.8 Å². The second kappa shape index (κ2) is 11.9. The summed E-state index contributed by atoms with van der Waals surface area (Å²) in [6.45, 7) is 6.63. The summed E-state index contributed by atoms with van der Waals surface area (Å²) in [6, 6.07) is 18.3. The van der Waals surface area contributed by atoms with Crippen molar-refractivity contribution in [1.82, 2.24) is 5.43 Å².